The topological polar surface area (TPSA) is 82.6 Å². The first kappa shape index (κ1) is 19.9. The minimum atomic E-state index is -3.22. The van der Waals surface area contributed by atoms with Gasteiger partial charge in [0.25, 0.3) is 0 Å². The first-order valence-corrected chi connectivity index (χ1v) is 8.62. The number of aliphatic imine (C=N–C) groups is 1. The molecule has 1 aliphatic rings. The number of nitrogens with zero attached hydrogens (tertiary/aromatic N) is 1. The Hall–Kier alpha value is -0.0900. The maximum Gasteiger partial charge on any atom is 0.209 e. The Morgan fingerprint density at radius 1 is 1.30 bits per heavy atom. The van der Waals surface area contributed by atoms with Crippen molar-refractivity contribution in [1.82, 2.24) is 15.4 Å². The minimum absolute atomic E-state index is 0. The van der Waals surface area contributed by atoms with Gasteiger partial charge in [-0.05, 0) is 39.5 Å². The van der Waals surface area contributed by atoms with Gasteiger partial charge in [-0.3, -0.25) is 4.99 Å². The van der Waals surface area contributed by atoms with Crippen LogP contribution in [-0.4, -0.2) is 45.8 Å². The molecule has 1 fully saturated rings. The average molecular weight is 418 g/mol. The summed E-state index contributed by atoms with van der Waals surface area (Å²) in [7, 11) is -3.22. The van der Waals surface area contributed by atoms with Crippen LogP contribution in [0.3, 0.4) is 0 Å². The van der Waals surface area contributed by atoms with Crippen molar-refractivity contribution in [1.29, 1.82) is 0 Å². The molecule has 0 radical (unpaired) electrons. The molecule has 6 nitrogen and oxygen atoms in total. The van der Waals surface area contributed by atoms with Gasteiger partial charge in [-0.1, -0.05) is 0 Å². The van der Waals surface area contributed by atoms with Gasteiger partial charge in [0.1, 0.15) is 0 Å². The molecule has 0 heterocycles. The fraction of sp³-hybridized carbons (Fsp3) is 0.917. The molecule has 120 valence electrons. The third kappa shape index (κ3) is 9.76. The molecular formula is C12H27IN4O2S. The van der Waals surface area contributed by atoms with Gasteiger partial charge in [0.05, 0.1) is 12.8 Å². The molecule has 0 bridgehead atoms. The standard InChI is InChI=1S/C12H26N4O2S.HI/c1-5-13-11(14-8-10-6-7-10)15-9-12(2,3)16-19(4,17)18;/h10,16H,5-9H2,1-4H3,(H2,13,14,15);1H. The quantitative estimate of drug-likeness (QED) is 0.326. The van der Waals surface area contributed by atoms with Gasteiger partial charge in [0.2, 0.25) is 10.0 Å². The molecule has 0 atom stereocenters. The maximum atomic E-state index is 11.2. The molecule has 0 amide bonds. The number of rotatable bonds is 7. The van der Waals surface area contributed by atoms with E-state index in [2.05, 4.69) is 20.3 Å². The number of hydrogen-bond donors (Lipinski definition) is 3. The highest BCUT2D eigenvalue weighted by molar-refractivity contribution is 14.0. The Morgan fingerprint density at radius 3 is 2.35 bits per heavy atom. The second-order valence-electron chi connectivity index (χ2n) is 5.78. The van der Waals surface area contributed by atoms with E-state index in [9.17, 15) is 8.42 Å². The van der Waals surface area contributed by atoms with Crippen LogP contribution in [0, 0.1) is 5.92 Å². The van der Waals surface area contributed by atoms with Gasteiger partial charge in [-0.2, -0.15) is 0 Å². The summed E-state index contributed by atoms with van der Waals surface area (Å²) in [4.78, 5) is 4.44. The highest BCUT2D eigenvalue weighted by Crippen LogP contribution is 2.27. The van der Waals surface area contributed by atoms with Crippen molar-refractivity contribution in [2.24, 2.45) is 10.9 Å². The zero-order valence-corrected chi connectivity index (χ0v) is 15.8. The Morgan fingerprint density at radius 2 is 1.90 bits per heavy atom. The first-order valence-electron chi connectivity index (χ1n) is 6.73. The SMILES string of the molecule is CCNC(=NCC(C)(C)NS(C)(=O)=O)NCC1CC1.I. The number of hydrogen-bond acceptors (Lipinski definition) is 3. The summed E-state index contributed by atoms with van der Waals surface area (Å²) >= 11 is 0. The van der Waals surface area contributed by atoms with Crippen molar-refractivity contribution in [3.63, 3.8) is 0 Å². The van der Waals surface area contributed by atoms with E-state index in [4.69, 9.17) is 0 Å². The van der Waals surface area contributed by atoms with Gasteiger partial charge < -0.3 is 10.6 Å². The maximum absolute atomic E-state index is 11.2. The van der Waals surface area contributed by atoms with Crippen LogP contribution in [-0.2, 0) is 10.0 Å². The van der Waals surface area contributed by atoms with Crippen LogP contribution in [0.15, 0.2) is 4.99 Å². The normalized spacial score (nSPS) is 16.5. The van der Waals surface area contributed by atoms with Gasteiger partial charge in [-0.25, -0.2) is 13.1 Å². The molecule has 0 aromatic rings. The van der Waals surface area contributed by atoms with Gasteiger partial charge >= 0.3 is 0 Å². The fourth-order valence-corrected chi connectivity index (χ4v) is 2.78. The molecule has 8 heteroatoms. The lowest BCUT2D eigenvalue weighted by atomic mass is 10.1. The Bertz CT molecular complexity index is 419. The zero-order chi connectivity index (χ0) is 14.5. The molecule has 1 aliphatic carbocycles. The van der Waals surface area contributed by atoms with Crippen molar-refractivity contribution in [3.8, 4) is 0 Å². The van der Waals surface area contributed by atoms with Crippen LogP contribution in [0.4, 0.5) is 0 Å². The predicted molar refractivity (Wildman–Crippen MR) is 94.2 cm³/mol. The fourth-order valence-electron chi connectivity index (χ4n) is 1.72. The van der Waals surface area contributed by atoms with E-state index in [1.165, 1.54) is 12.8 Å². The van der Waals surface area contributed by atoms with Gasteiger partial charge in [0.15, 0.2) is 5.96 Å². The summed E-state index contributed by atoms with van der Waals surface area (Å²) in [5.74, 6) is 1.52. The molecule has 0 unspecified atom stereocenters. The second-order valence-corrected chi connectivity index (χ2v) is 7.53. The molecule has 20 heavy (non-hydrogen) atoms. The summed E-state index contributed by atoms with van der Waals surface area (Å²) in [5.41, 5.74) is -0.588. The molecule has 0 aromatic heterocycles. The summed E-state index contributed by atoms with van der Waals surface area (Å²) in [6.45, 7) is 7.76. The predicted octanol–water partition coefficient (Wildman–Crippen LogP) is 0.897. The lowest BCUT2D eigenvalue weighted by Gasteiger charge is -2.23. The van der Waals surface area contributed by atoms with Crippen LogP contribution >= 0.6 is 24.0 Å². The Balaban J connectivity index is 0.00000361. The molecule has 0 spiro atoms. The lowest BCUT2D eigenvalue weighted by Crippen LogP contribution is -2.47. The van der Waals surface area contributed by atoms with Crippen molar-refractivity contribution in [3.05, 3.63) is 0 Å². The monoisotopic (exact) mass is 418 g/mol. The molecule has 0 aromatic carbocycles. The largest absolute Gasteiger partial charge is 0.357 e. The third-order valence-corrected chi connectivity index (χ3v) is 3.62. The van der Waals surface area contributed by atoms with Crippen molar-refractivity contribution in [2.45, 2.75) is 39.2 Å². The zero-order valence-electron chi connectivity index (χ0n) is 12.7. The van der Waals surface area contributed by atoms with E-state index in [1.807, 2.05) is 20.8 Å². The van der Waals surface area contributed by atoms with E-state index >= 15 is 0 Å². The Kier molecular flexibility index (Phi) is 8.34. The molecule has 0 saturated heterocycles. The lowest BCUT2D eigenvalue weighted by molar-refractivity contribution is 0.464. The van der Waals surface area contributed by atoms with Crippen molar-refractivity contribution in [2.75, 3.05) is 25.9 Å². The summed E-state index contributed by atoms with van der Waals surface area (Å²) in [6.07, 6.45) is 3.73. The van der Waals surface area contributed by atoms with Crippen molar-refractivity contribution >= 4 is 40.0 Å². The number of halogens is 1. The molecule has 0 aliphatic heterocycles. The van der Waals surface area contributed by atoms with E-state index in [0.29, 0.717) is 6.54 Å². The van der Waals surface area contributed by atoms with E-state index < -0.39 is 15.6 Å². The van der Waals surface area contributed by atoms with Gasteiger partial charge in [-0.15, -0.1) is 24.0 Å². The van der Waals surface area contributed by atoms with E-state index in [0.717, 1.165) is 31.2 Å². The second kappa shape index (κ2) is 8.38. The first-order chi connectivity index (χ1) is 8.72. The molecule has 1 rings (SSSR count). The minimum Gasteiger partial charge on any atom is -0.357 e. The highest BCUT2D eigenvalue weighted by atomic mass is 127. The summed E-state index contributed by atoms with van der Waals surface area (Å²) in [5, 5.41) is 6.44. The van der Waals surface area contributed by atoms with E-state index in [1.54, 1.807) is 0 Å². The smallest absolute Gasteiger partial charge is 0.209 e. The number of guanidine groups is 1. The van der Waals surface area contributed by atoms with Crippen LogP contribution in [0.1, 0.15) is 33.6 Å². The number of sulfonamides is 1. The van der Waals surface area contributed by atoms with Crippen LogP contribution in [0.5, 0.6) is 0 Å². The number of nitrogens with one attached hydrogen (secondary N) is 3. The van der Waals surface area contributed by atoms with Crippen LogP contribution in [0.25, 0.3) is 0 Å². The van der Waals surface area contributed by atoms with Crippen LogP contribution in [0.2, 0.25) is 0 Å². The summed E-state index contributed by atoms with van der Waals surface area (Å²) in [6, 6.07) is 0. The van der Waals surface area contributed by atoms with Gasteiger partial charge in [0, 0.05) is 18.6 Å². The van der Waals surface area contributed by atoms with Crippen molar-refractivity contribution < 1.29 is 8.42 Å². The summed E-state index contributed by atoms with van der Waals surface area (Å²) < 4.78 is 25.1. The van der Waals surface area contributed by atoms with Crippen LogP contribution < -0.4 is 15.4 Å². The average Bonchev–Trinajstić information content (AvgIpc) is 3.02. The molecule has 1 saturated carbocycles. The highest BCUT2D eigenvalue weighted by Gasteiger charge is 2.23. The van der Waals surface area contributed by atoms with E-state index in [-0.39, 0.29) is 24.0 Å². The molecule has 3 N–H and O–H groups in total. The Labute approximate surface area is 139 Å². The third-order valence-electron chi connectivity index (χ3n) is 2.69. The molecular weight excluding hydrogens is 391 g/mol.